The van der Waals surface area contributed by atoms with E-state index in [1.165, 1.54) is 0 Å². The van der Waals surface area contributed by atoms with Crippen molar-refractivity contribution >= 4 is 11.9 Å². The Hall–Kier alpha value is -1.82. The Morgan fingerprint density at radius 1 is 1.33 bits per heavy atom. The first-order chi connectivity index (χ1) is 11.2. The van der Waals surface area contributed by atoms with E-state index in [1.807, 2.05) is 40.7 Å². The summed E-state index contributed by atoms with van der Waals surface area (Å²) in [7, 11) is 0. The number of aryl methyl sites for hydroxylation is 1. The minimum absolute atomic E-state index is 0.256. The molecule has 2 rings (SSSR count). The molecule has 0 bridgehead atoms. The molecule has 1 aliphatic rings. The van der Waals surface area contributed by atoms with Gasteiger partial charge in [-0.2, -0.15) is 0 Å². The maximum Gasteiger partial charge on any atom is 0.410 e. The van der Waals surface area contributed by atoms with Crippen molar-refractivity contribution in [1.29, 1.82) is 0 Å². The highest BCUT2D eigenvalue weighted by atomic mass is 16.6. The fraction of sp³-hybridized carbons (Fsp3) is 0.667. The topological polar surface area (TPSA) is 65.9 Å². The van der Waals surface area contributed by atoms with E-state index in [4.69, 9.17) is 4.74 Å². The predicted molar refractivity (Wildman–Crippen MR) is 94.2 cm³/mol. The van der Waals surface area contributed by atoms with Gasteiger partial charge in [-0.05, 0) is 51.3 Å². The Morgan fingerprint density at radius 3 is 2.46 bits per heavy atom. The van der Waals surface area contributed by atoms with Gasteiger partial charge < -0.3 is 19.6 Å². The second-order valence-corrected chi connectivity index (χ2v) is 7.29. The van der Waals surface area contributed by atoms with E-state index in [-0.39, 0.29) is 6.09 Å². The number of aliphatic hydroxyl groups excluding tert-OH is 1. The molecule has 1 amide bonds. The predicted octanol–water partition coefficient (Wildman–Crippen LogP) is 2.89. The van der Waals surface area contributed by atoms with Gasteiger partial charge >= 0.3 is 6.09 Å². The monoisotopic (exact) mass is 335 g/mol. The molecule has 1 aromatic rings. The van der Waals surface area contributed by atoms with Crippen LogP contribution in [0.15, 0.2) is 12.3 Å². The lowest BCUT2D eigenvalue weighted by Gasteiger charge is -2.36. The summed E-state index contributed by atoms with van der Waals surface area (Å²) in [4.78, 5) is 20.6. The van der Waals surface area contributed by atoms with Crippen LogP contribution in [0.5, 0.6) is 0 Å². The van der Waals surface area contributed by atoms with Gasteiger partial charge in [0.05, 0.1) is 6.10 Å². The summed E-state index contributed by atoms with van der Waals surface area (Å²) in [5, 5.41) is 9.93. The Kier molecular flexibility index (Phi) is 5.70. The number of carbonyl (C=O) groups is 1. The van der Waals surface area contributed by atoms with E-state index in [1.54, 1.807) is 11.1 Å². The molecule has 0 saturated carbocycles. The third-order valence-electron chi connectivity index (χ3n) is 4.07. The van der Waals surface area contributed by atoms with Crippen LogP contribution in [0.25, 0.3) is 0 Å². The number of rotatable bonds is 3. The molecule has 0 aromatic carbocycles. The van der Waals surface area contributed by atoms with Gasteiger partial charge in [0.1, 0.15) is 11.4 Å². The first-order valence-electron chi connectivity index (χ1n) is 8.58. The van der Waals surface area contributed by atoms with Gasteiger partial charge in [-0.15, -0.1) is 0 Å². The molecular weight excluding hydrogens is 306 g/mol. The zero-order valence-electron chi connectivity index (χ0n) is 15.4. The summed E-state index contributed by atoms with van der Waals surface area (Å²) in [6.45, 7) is 12.3. The highest BCUT2D eigenvalue weighted by Gasteiger charge is 2.26. The lowest BCUT2D eigenvalue weighted by Crippen LogP contribution is -2.50. The number of ether oxygens (including phenoxy) is 1. The number of hydrogen-bond donors (Lipinski definition) is 1. The van der Waals surface area contributed by atoms with Crippen LogP contribution in [0.3, 0.4) is 0 Å². The van der Waals surface area contributed by atoms with E-state index >= 15 is 0 Å². The van der Waals surface area contributed by atoms with E-state index in [9.17, 15) is 9.90 Å². The minimum atomic E-state index is -0.470. The summed E-state index contributed by atoms with van der Waals surface area (Å²) in [5.74, 6) is 0.922. The number of anilines is 1. The normalized spacial score (nSPS) is 16.9. The molecule has 1 unspecified atom stereocenters. The average molecular weight is 335 g/mol. The van der Waals surface area contributed by atoms with Crippen molar-refractivity contribution in [2.45, 2.75) is 52.7 Å². The Labute approximate surface area is 144 Å². The van der Waals surface area contributed by atoms with Crippen molar-refractivity contribution in [2.24, 2.45) is 0 Å². The van der Waals surface area contributed by atoms with Crippen LogP contribution in [-0.4, -0.2) is 52.9 Å². The highest BCUT2D eigenvalue weighted by molar-refractivity contribution is 5.68. The summed E-state index contributed by atoms with van der Waals surface area (Å²) < 4.78 is 5.42. The van der Waals surface area contributed by atoms with Crippen molar-refractivity contribution in [3.8, 4) is 0 Å². The molecular formula is C18H29N3O3. The molecule has 6 nitrogen and oxygen atoms in total. The highest BCUT2D eigenvalue weighted by Crippen LogP contribution is 2.24. The van der Waals surface area contributed by atoms with Crippen LogP contribution in [-0.2, 0) is 4.74 Å². The number of amides is 1. The third kappa shape index (κ3) is 4.60. The molecule has 0 radical (unpaired) electrons. The molecule has 1 aliphatic heterocycles. The molecule has 134 valence electrons. The number of nitrogens with zero attached hydrogens (tertiary/aromatic N) is 3. The fourth-order valence-electron chi connectivity index (χ4n) is 2.77. The number of hydrogen-bond acceptors (Lipinski definition) is 5. The quantitative estimate of drug-likeness (QED) is 0.920. The molecule has 1 N–H and O–H groups in total. The van der Waals surface area contributed by atoms with Crippen LogP contribution in [0, 0.1) is 6.92 Å². The van der Waals surface area contributed by atoms with Crippen LogP contribution in [0.2, 0.25) is 0 Å². The van der Waals surface area contributed by atoms with Gasteiger partial charge in [-0.1, -0.05) is 6.92 Å². The zero-order chi connectivity index (χ0) is 17.9. The van der Waals surface area contributed by atoms with Crippen molar-refractivity contribution in [1.82, 2.24) is 9.88 Å². The van der Waals surface area contributed by atoms with Crippen molar-refractivity contribution in [3.63, 3.8) is 0 Å². The molecule has 0 aliphatic carbocycles. The van der Waals surface area contributed by atoms with Crippen LogP contribution < -0.4 is 4.90 Å². The zero-order valence-corrected chi connectivity index (χ0v) is 15.4. The molecule has 2 heterocycles. The maximum absolute atomic E-state index is 12.1. The molecule has 1 fully saturated rings. The molecule has 24 heavy (non-hydrogen) atoms. The van der Waals surface area contributed by atoms with Crippen LogP contribution >= 0.6 is 0 Å². The summed E-state index contributed by atoms with van der Waals surface area (Å²) in [6, 6.07) is 2.00. The van der Waals surface area contributed by atoms with Gasteiger partial charge in [0.25, 0.3) is 0 Å². The molecule has 1 saturated heterocycles. The second-order valence-electron chi connectivity index (χ2n) is 7.29. The molecule has 0 spiro atoms. The number of pyridine rings is 1. The van der Waals surface area contributed by atoms with Crippen LogP contribution in [0.1, 0.15) is 51.3 Å². The standard InChI is InChI=1S/C18H29N3O3/c1-6-15(22)14-11-13(2)16(19-12-14)20-7-9-21(10-8-20)17(23)24-18(3,4)5/h11-12,15,22H,6-10H2,1-5H3. The summed E-state index contributed by atoms with van der Waals surface area (Å²) in [6.07, 6.45) is 1.70. The fourth-order valence-corrected chi connectivity index (χ4v) is 2.77. The van der Waals surface area contributed by atoms with Crippen molar-refractivity contribution in [3.05, 3.63) is 23.4 Å². The van der Waals surface area contributed by atoms with Crippen LogP contribution in [0.4, 0.5) is 10.6 Å². The van der Waals surface area contributed by atoms with Crippen molar-refractivity contribution in [2.75, 3.05) is 31.1 Å². The number of piperazine rings is 1. The average Bonchev–Trinajstić information content (AvgIpc) is 2.52. The van der Waals surface area contributed by atoms with E-state index in [2.05, 4.69) is 9.88 Å². The molecule has 1 aromatic heterocycles. The van der Waals surface area contributed by atoms with Gasteiger partial charge in [0.15, 0.2) is 0 Å². The Bertz CT molecular complexity index is 575. The van der Waals surface area contributed by atoms with E-state index in [0.717, 1.165) is 30.0 Å². The minimum Gasteiger partial charge on any atom is -0.444 e. The van der Waals surface area contributed by atoms with Gasteiger partial charge in [0, 0.05) is 32.4 Å². The largest absolute Gasteiger partial charge is 0.444 e. The van der Waals surface area contributed by atoms with E-state index < -0.39 is 11.7 Å². The lowest BCUT2D eigenvalue weighted by molar-refractivity contribution is 0.0240. The maximum atomic E-state index is 12.1. The van der Waals surface area contributed by atoms with Crippen molar-refractivity contribution < 1.29 is 14.6 Å². The SMILES string of the molecule is CCC(O)c1cnc(N2CCN(C(=O)OC(C)(C)C)CC2)c(C)c1. The van der Waals surface area contributed by atoms with Gasteiger partial charge in [0.2, 0.25) is 0 Å². The second kappa shape index (κ2) is 7.38. The Morgan fingerprint density at radius 2 is 1.96 bits per heavy atom. The van der Waals surface area contributed by atoms with Gasteiger partial charge in [-0.25, -0.2) is 9.78 Å². The smallest absolute Gasteiger partial charge is 0.410 e. The molecule has 1 atom stereocenters. The lowest BCUT2D eigenvalue weighted by atomic mass is 10.1. The number of aromatic nitrogens is 1. The Balaban J connectivity index is 1.98. The first kappa shape index (κ1) is 18.5. The third-order valence-corrected chi connectivity index (χ3v) is 4.07. The summed E-state index contributed by atoms with van der Waals surface area (Å²) >= 11 is 0. The van der Waals surface area contributed by atoms with Gasteiger partial charge in [-0.3, -0.25) is 0 Å². The van der Waals surface area contributed by atoms with E-state index in [0.29, 0.717) is 19.5 Å². The first-order valence-corrected chi connectivity index (χ1v) is 8.58. The molecule has 6 heteroatoms. The number of aliphatic hydroxyl groups is 1. The summed E-state index contributed by atoms with van der Waals surface area (Å²) in [5.41, 5.74) is 1.43. The number of carbonyl (C=O) groups excluding carboxylic acids is 1.